The van der Waals surface area contributed by atoms with Gasteiger partial charge >= 0.3 is 152 Å². The molecule has 0 radical (unpaired) electrons. The molecule has 26 heavy (non-hydrogen) atoms. The maximum Gasteiger partial charge on any atom is -1.00 e. The van der Waals surface area contributed by atoms with Crippen molar-refractivity contribution >= 4 is 0 Å². The van der Waals surface area contributed by atoms with Gasteiger partial charge in [-0.15, -0.1) is 0 Å². The van der Waals surface area contributed by atoms with Gasteiger partial charge in [0.2, 0.25) is 0 Å². The molecule has 2 aromatic rings. The number of aryl methyl sites for hydroxylation is 2. The van der Waals surface area contributed by atoms with Gasteiger partial charge in [-0.25, -0.2) is 0 Å². The average molecular weight is 442 g/mol. The molecule has 1 aliphatic rings. The molecule has 0 amide bonds. The van der Waals surface area contributed by atoms with E-state index in [-0.39, 0.29) is 37.2 Å². The molecular formula is C22H23Cl3Ti. The van der Waals surface area contributed by atoms with E-state index in [0.717, 1.165) is 12.8 Å². The third kappa shape index (κ3) is 5.50. The number of allylic oxidation sites excluding steroid dienone is 4. The van der Waals surface area contributed by atoms with Crippen molar-refractivity contribution in [3.8, 4) is 0 Å². The molecular weight excluding hydrogens is 418 g/mol. The first kappa shape index (κ1) is 25.5. The first-order valence-corrected chi connectivity index (χ1v) is 9.15. The molecule has 0 aliphatic heterocycles. The molecule has 0 aromatic heterocycles. The minimum atomic E-state index is 0. The van der Waals surface area contributed by atoms with Gasteiger partial charge in [-0.1, -0.05) is 0 Å². The normalized spacial score (nSPS) is 12.9. The smallest absolute Gasteiger partial charge is 1.00 e. The fourth-order valence-electron chi connectivity index (χ4n) is 3.52. The predicted octanol–water partition coefficient (Wildman–Crippen LogP) is -3.01. The third-order valence-electron chi connectivity index (χ3n) is 4.69. The fourth-order valence-corrected chi connectivity index (χ4v) is 4.34. The van der Waals surface area contributed by atoms with Gasteiger partial charge in [0.25, 0.3) is 0 Å². The zero-order chi connectivity index (χ0) is 16.4. The van der Waals surface area contributed by atoms with Gasteiger partial charge < -0.3 is 37.2 Å². The van der Waals surface area contributed by atoms with E-state index in [0.29, 0.717) is 5.92 Å². The average Bonchev–Trinajstić information content (AvgIpc) is 2.89. The quantitative estimate of drug-likeness (QED) is 0.444. The number of rotatable bonds is 4. The van der Waals surface area contributed by atoms with Gasteiger partial charge in [-0.05, 0) is 0 Å². The second kappa shape index (κ2) is 11.4. The molecule has 0 fully saturated rings. The van der Waals surface area contributed by atoms with Crippen LogP contribution in [0.15, 0.2) is 69.6 Å². The molecule has 0 heterocycles. The molecule has 0 bridgehead atoms. The van der Waals surface area contributed by atoms with Gasteiger partial charge in [0.1, 0.15) is 0 Å². The Kier molecular flexibility index (Phi) is 11.2. The van der Waals surface area contributed by atoms with Crippen molar-refractivity contribution < 1.29 is 57.7 Å². The van der Waals surface area contributed by atoms with E-state index in [1.807, 2.05) is 0 Å². The molecule has 0 saturated heterocycles. The molecule has 0 saturated carbocycles. The Morgan fingerprint density at radius 3 is 1.77 bits per heavy atom. The van der Waals surface area contributed by atoms with Gasteiger partial charge in [0.05, 0.1) is 0 Å². The minimum absolute atomic E-state index is 0. The van der Waals surface area contributed by atoms with Crippen LogP contribution in [0.5, 0.6) is 0 Å². The summed E-state index contributed by atoms with van der Waals surface area (Å²) in [6.07, 6.45) is 4.63. The molecule has 3 rings (SSSR count). The standard InChI is InChI=1S/C22H23.3ClH.Ti/c1-4-18-11-12-21(15-18)22(19-9-5-7-16(2)13-19)20-10-6-8-17(3)14-20;;;;/h5-11,13-14,22H,4,12H2,1-3H3;3*1H;/q;;;;+3/p-3. The van der Waals surface area contributed by atoms with Crippen LogP contribution in [0.3, 0.4) is 0 Å². The van der Waals surface area contributed by atoms with E-state index in [2.05, 4.69) is 95.8 Å². The molecule has 0 nitrogen and oxygen atoms in total. The first-order chi connectivity index (χ1) is 11.1. The van der Waals surface area contributed by atoms with Gasteiger partial charge in [0.15, 0.2) is 0 Å². The Labute approximate surface area is 188 Å². The summed E-state index contributed by atoms with van der Waals surface area (Å²) < 4.78 is 1.50. The number of halogens is 3. The van der Waals surface area contributed by atoms with Crippen molar-refractivity contribution in [3.05, 3.63) is 91.9 Å². The molecule has 0 atom stereocenters. The van der Waals surface area contributed by atoms with Crippen LogP contribution in [0.2, 0.25) is 0 Å². The van der Waals surface area contributed by atoms with Crippen molar-refractivity contribution in [2.24, 2.45) is 0 Å². The molecule has 4 heteroatoms. The Hall–Kier alpha value is -0.496. The van der Waals surface area contributed by atoms with Crippen LogP contribution in [-0.4, -0.2) is 0 Å². The van der Waals surface area contributed by atoms with Crippen LogP contribution in [0.1, 0.15) is 47.9 Å². The Morgan fingerprint density at radius 2 is 1.38 bits per heavy atom. The van der Waals surface area contributed by atoms with Crippen molar-refractivity contribution in [2.45, 2.75) is 39.5 Å². The van der Waals surface area contributed by atoms with Crippen LogP contribution in [-0.2, 0) is 20.4 Å². The van der Waals surface area contributed by atoms with Gasteiger partial charge in [-0.2, -0.15) is 0 Å². The molecule has 1 aliphatic carbocycles. The number of hydrogen-bond acceptors (Lipinski definition) is 0. The monoisotopic (exact) mass is 440 g/mol. The SMILES string of the molecule is CCC1=CCC(C(c2cccc(C)c2)c2cccc(C)c2)=[C]1[Ti+3].[Cl-].[Cl-].[Cl-]. The van der Waals surface area contributed by atoms with Crippen LogP contribution >= 0.6 is 0 Å². The Bertz CT molecular complexity index is 748. The van der Waals surface area contributed by atoms with Crippen molar-refractivity contribution in [2.75, 3.05) is 0 Å². The van der Waals surface area contributed by atoms with Gasteiger partial charge in [-0.3, -0.25) is 0 Å². The van der Waals surface area contributed by atoms with E-state index < -0.39 is 0 Å². The maximum absolute atomic E-state index is 2.42. The van der Waals surface area contributed by atoms with E-state index >= 15 is 0 Å². The topological polar surface area (TPSA) is 0 Å². The van der Waals surface area contributed by atoms with Crippen LogP contribution < -0.4 is 37.2 Å². The summed E-state index contributed by atoms with van der Waals surface area (Å²) in [7, 11) is 0. The number of hydrogen-bond donors (Lipinski definition) is 0. The van der Waals surface area contributed by atoms with Crippen molar-refractivity contribution in [1.29, 1.82) is 0 Å². The van der Waals surface area contributed by atoms with E-state index in [1.54, 1.807) is 5.57 Å². The Balaban J connectivity index is 0.00000208. The molecule has 136 valence electrons. The van der Waals surface area contributed by atoms with Crippen LogP contribution in [0.25, 0.3) is 0 Å². The fraction of sp³-hybridized carbons (Fsp3) is 0.273. The summed E-state index contributed by atoms with van der Waals surface area (Å²) in [6.45, 7) is 6.62. The predicted molar refractivity (Wildman–Crippen MR) is 94.2 cm³/mol. The largest absolute Gasteiger partial charge is 1.00 e. The van der Waals surface area contributed by atoms with Crippen LogP contribution in [0.4, 0.5) is 0 Å². The maximum atomic E-state index is 2.42. The minimum Gasteiger partial charge on any atom is -1.00 e. The molecule has 2 aromatic carbocycles. The summed E-state index contributed by atoms with van der Waals surface area (Å²) in [4.78, 5) is 0. The van der Waals surface area contributed by atoms with E-state index in [4.69, 9.17) is 0 Å². The van der Waals surface area contributed by atoms with E-state index in [1.165, 1.54) is 31.7 Å². The molecule has 0 spiro atoms. The third-order valence-corrected chi connectivity index (χ3v) is 5.69. The molecule has 0 unspecified atom stereocenters. The first-order valence-electron chi connectivity index (χ1n) is 8.37. The summed E-state index contributed by atoms with van der Waals surface area (Å²) in [5.74, 6) is 0.370. The summed E-state index contributed by atoms with van der Waals surface area (Å²) in [6, 6.07) is 18.0. The summed E-state index contributed by atoms with van der Waals surface area (Å²) in [5.41, 5.74) is 8.58. The van der Waals surface area contributed by atoms with Gasteiger partial charge in [0, 0.05) is 0 Å². The second-order valence-electron chi connectivity index (χ2n) is 6.45. The Morgan fingerprint density at radius 1 is 0.885 bits per heavy atom. The van der Waals surface area contributed by atoms with Crippen molar-refractivity contribution in [3.63, 3.8) is 0 Å². The molecule has 0 N–H and O–H groups in total. The van der Waals surface area contributed by atoms with Crippen LogP contribution in [0, 0.1) is 13.8 Å². The van der Waals surface area contributed by atoms with E-state index in [9.17, 15) is 0 Å². The zero-order valence-electron chi connectivity index (χ0n) is 15.3. The number of benzene rings is 2. The summed E-state index contributed by atoms with van der Waals surface area (Å²) in [5, 5.41) is 0. The zero-order valence-corrected chi connectivity index (χ0v) is 19.2. The van der Waals surface area contributed by atoms with Crippen molar-refractivity contribution in [1.82, 2.24) is 0 Å². The second-order valence-corrected chi connectivity index (χ2v) is 7.23. The summed E-state index contributed by atoms with van der Waals surface area (Å²) >= 11 is 2.30.